The van der Waals surface area contributed by atoms with Crippen LogP contribution in [0, 0.1) is 0 Å². The first-order valence-corrected chi connectivity index (χ1v) is 8.81. The van der Waals surface area contributed by atoms with Crippen LogP contribution in [0.4, 0.5) is 10.5 Å². The Morgan fingerprint density at radius 3 is 2.28 bits per heavy atom. The van der Waals surface area contributed by atoms with Crippen LogP contribution < -0.4 is 10.2 Å². The standard InChI is InChI=1S/C19H28N2O4/c1-19(2,3)25-18(24)20-16(17(22)23)13-14-7-9-15(10-8-14)21-11-5-4-6-12-21/h7-10,16H,4-6,11-13H2,1-3H3,(H,20,24)(H,22,23). The van der Waals surface area contributed by atoms with Crippen molar-refractivity contribution in [2.45, 2.75) is 58.1 Å². The molecule has 6 nitrogen and oxygen atoms in total. The van der Waals surface area contributed by atoms with Gasteiger partial charge in [0.25, 0.3) is 0 Å². The van der Waals surface area contributed by atoms with Crippen LogP contribution in [0.3, 0.4) is 0 Å². The Balaban J connectivity index is 1.97. The van der Waals surface area contributed by atoms with E-state index < -0.39 is 23.7 Å². The lowest BCUT2D eigenvalue weighted by Crippen LogP contribution is -2.44. The molecule has 1 atom stereocenters. The number of nitrogens with one attached hydrogen (secondary N) is 1. The van der Waals surface area contributed by atoms with Gasteiger partial charge in [-0.3, -0.25) is 0 Å². The Bertz CT molecular complexity index is 586. The van der Waals surface area contributed by atoms with Gasteiger partial charge in [-0.05, 0) is 57.7 Å². The Kier molecular flexibility index (Phi) is 6.28. The van der Waals surface area contributed by atoms with Crippen molar-refractivity contribution in [3.05, 3.63) is 29.8 Å². The molecule has 0 aromatic heterocycles. The SMILES string of the molecule is CC(C)(C)OC(=O)NC(Cc1ccc(N2CCCCC2)cc1)C(=O)O. The summed E-state index contributed by atoms with van der Waals surface area (Å²) in [6.45, 7) is 7.35. The number of aliphatic carboxylic acids is 1. The van der Waals surface area contributed by atoms with Crippen LogP contribution in [0.2, 0.25) is 0 Å². The number of carbonyl (C=O) groups excluding carboxylic acids is 1. The first-order valence-electron chi connectivity index (χ1n) is 8.81. The lowest BCUT2D eigenvalue weighted by molar-refractivity contribution is -0.139. The second-order valence-electron chi connectivity index (χ2n) is 7.46. The molecule has 138 valence electrons. The predicted octanol–water partition coefficient (Wildman–Crippen LogP) is 3.20. The number of nitrogens with zero attached hydrogens (tertiary/aromatic N) is 1. The molecule has 0 spiro atoms. The predicted molar refractivity (Wildman–Crippen MR) is 97.0 cm³/mol. The second-order valence-corrected chi connectivity index (χ2v) is 7.46. The molecule has 0 bridgehead atoms. The largest absolute Gasteiger partial charge is 0.480 e. The number of benzene rings is 1. The third kappa shape index (κ3) is 6.29. The number of hydrogen-bond donors (Lipinski definition) is 2. The molecular formula is C19H28N2O4. The van der Waals surface area contributed by atoms with Crippen LogP contribution in [0.1, 0.15) is 45.6 Å². The monoisotopic (exact) mass is 348 g/mol. The maximum atomic E-state index is 11.8. The van der Waals surface area contributed by atoms with Gasteiger partial charge in [-0.25, -0.2) is 9.59 Å². The van der Waals surface area contributed by atoms with Gasteiger partial charge in [-0.1, -0.05) is 12.1 Å². The van der Waals surface area contributed by atoms with Crippen molar-refractivity contribution >= 4 is 17.7 Å². The fraction of sp³-hybridized carbons (Fsp3) is 0.579. The van der Waals surface area contributed by atoms with Crippen LogP contribution in [0.25, 0.3) is 0 Å². The molecule has 1 unspecified atom stereocenters. The van der Waals surface area contributed by atoms with Gasteiger partial charge in [0.2, 0.25) is 0 Å². The van der Waals surface area contributed by atoms with Crippen LogP contribution in [-0.2, 0) is 16.0 Å². The summed E-state index contributed by atoms with van der Waals surface area (Å²) in [6.07, 6.45) is 3.20. The summed E-state index contributed by atoms with van der Waals surface area (Å²) in [6, 6.07) is 6.88. The highest BCUT2D eigenvalue weighted by Gasteiger charge is 2.24. The van der Waals surface area contributed by atoms with Crippen molar-refractivity contribution in [2.75, 3.05) is 18.0 Å². The highest BCUT2D eigenvalue weighted by atomic mass is 16.6. The molecule has 0 aliphatic carbocycles. The number of carbonyl (C=O) groups is 2. The number of amides is 1. The van der Waals surface area contributed by atoms with Crippen LogP contribution >= 0.6 is 0 Å². The number of ether oxygens (including phenoxy) is 1. The van der Waals surface area contributed by atoms with Crippen LogP contribution in [0.15, 0.2) is 24.3 Å². The van der Waals surface area contributed by atoms with E-state index in [2.05, 4.69) is 10.2 Å². The van der Waals surface area contributed by atoms with Gasteiger partial charge in [0.15, 0.2) is 0 Å². The summed E-state index contributed by atoms with van der Waals surface area (Å²) >= 11 is 0. The lowest BCUT2D eigenvalue weighted by atomic mass is 10.0. The van der Waals surface area contributed by atoms with Gasteiger partial charge in [0, 0.05) is 25.2 Å². The average molecular weight is 348 g/mol. The highest BCUT2D eigenvalue weighted by molar-refractivity contribution is 5.80. The van der Waals surface area contributed by atoms with E-state index >= 15 is 0 Å². The van der Waals surface area contributed by atoms with Gasteiger partial charge in [-0.15, -0.1) is 0 Å². The molecule has 25 heavy (non-hydrogen) atoms. The van der Waals surface area contributed by atoms with Crippen molar-refractivity contribution < 1.29 is 19.4 Å². The van der Waals surface area contributed by atoms with E-state index in [1.54, 1.807) is 20.8 Å². The van der Waals surface area contributed by atoms with Crippen LogP contribution in [0.5, 0.6) is 0 Å². The molecule has 1 amide bonds. The quantitative estimate of drug-likeness (QED) is 0.854. The first-order chi connectivity index (χ1) is 11.7. The molecule has 2 rings (SSSR count). The van der Waals surface area contributed by atoms with E-state index in [0.29, 0.717) is 0 Å². The molecule has 1 saturated heterocycles. The molecule has 1 aliphatic rings. The molecule has 0 saturated carbocycles. The lowest BCUT2D eigenvalue weighted by Gasteiger charge is -2.29. The Hall–Kier alpha value is -2.24. The summed E-state index contributed by atoms with van der Waals surface area (Å²) in [7, 11) is 0. The number of carboxylic acids is 1. The maximum Gasteiger partial charge on any atom is 0.408 e. The maximum absolute atomic E-state index is 11.8. The molecule has 1 heterocycles. The summed E-state index contributed by atoms with van der Waals surface area (Å²) in [4.78, 5) is 25.6. The van der Waals surface area contributed by atoms with E-state index in [0.717, 1.165) is 24.3 Å². The molecule has 1 aromatic rings. The molecule has 1 aliphatic heterocycles. The summed E-state index contributed by atoms with van der Waals surface area (Å²) < 4.78 is 5.13. The summed E-state index contributed by atoms with van der Waals surface area (Å²) in [5.74, 6) is -1.08. The minimum Gasteiger partial charge on any atom is -0.480 e. The molecule has 6 heteroatoms. The van der Waals surface area contributed by atoms with Gasteiger partial charge in [0.1, 0.15) is 11.6 Å². The zero-order valence-corrected chi connectivity index (χ0v) is 15.2. The molecule has 2 N–H and O–H groups in total. The third-order valence-electron chi connectivity index (χ3n) is 4.09. The molecule has 0 radical (unpaired) electrons. The molecular weight excluding hydrogens is 320 g/mol. The van der Waals surface area contributed by atoms with Crippen LogP contribution in [-0.4, -0.2) is 41.9 Å². The van der Waals surface area contributed by atoms with Crippen molar-refractivity contribution in [1.29, 1.82) is 0 Å². The van der Waals surface area contributed by atoms with Gasteiger partial charge in [-0.2, -0.15) is 0 Å². The average Bonchev–Trinajstić information content (AvgIpc) is 2.54. The summed E-state index contributed by atoms with van der Waals surface area (Å²) in [5.41, 5.74) is 1.36. The number of hydrogen-bond acceptors (Lipinski definition) is 4. The number of rotatable bonds is 5. The van der Waals surface area contributed by atoms with E-state index in [1.165, 1.54) is 19.3 Å². The Morgan fingerprint density at radius 1 is 1.16 bits per heavy atom. The zero-order chi connectivity index (χ0) is 18.4. The highest BCUT2D eigenvalue weighted by Crippen LogP contribution is 2.20. The van der Waals surface area contributed by atoms with Crippen molar-refractivity contribution in [3.8, 4) is 0 Å². The van der Waals surface area contributed by atoms with Crippen molar-refractivity contribution in [2.24, 2.45) is 0 Å². The van der Waals surface area contributed by atoms with Gasteiger partial charge >= 0.3 is 12.1 Å². The molecule has 1 aromatic carbocycles. The fourth-order valence-corrected chi connectivity index (χ4v) is 2.88. The van der Waals surface area contributed by atoms with E-state index in [1.807, 2.05) is 24.3 Å². The third-order valence-corrected chi connectivity index (χ3v) is 4.09. The smallest absolute Gasteiger partial charge is 0.408 e. The topological polar surface area (TPSA) is 78.9 Å². The molecule has 1 fully saturated rings. The number of piperidine rings is 1. The first kappa shape index (κ1) is 19.1. The Morgan fingerprint density at radius 2 is 1.76 bits per heavy atom. The fourth-order valence-electron chi connectivity index (χ4n) is 2.88. The van der Waals surface area contributed by atoms with E-state index in [9.17, 15) is 14.7 Å². The summed E-state index contributed by atoms with van der Waals surface area (Å²) in [5, 5.41) is 11.8. The normalized spacial score (nSPS) is 16.2. The number of carboxylic acid groups (broad SMARTS) is 1. The van der Waals surface area contributed by atoms with E-state index in [-0.39, 0.29) is 6.42 Å². The zero-order valence-electron chi connectivity index (χ0n) is 15.2. The Labute approximate surface area is 149 Å². The van der Waals surface area contributed by atoms with Gasteiger partial charge < -0.3 is 20.1 Å². The van der Waals surface area contributed by atoms with Gasteiger partial charge in [0.05, 0.1) is 0 Å². The van der Waals surface area contributed by atoms with E-state index in [4.69, 9.17) is 4.74 Å². The minimum atomic E-state index is -1.08. The minimum absolute atomic E-state index is 0.217. The van der Waals surface area contributed by atoms with Crippen molar-refractivity contribution in [1.82, 2.24) is 5.32 Å². The number of alkyl carbamates (subject to hydrolysis) is 1. The number of anilines is 1. The van der Waals surface area contributed by atoms with Crippen molar-refractivity contribution in [3.63, 3.8) is 0 Å². The second kappa shape index (κ2) is 8.23.